The van der Waals surface area contributed by atoms with Crippen LogP contribution in [0.3, 0.4) is 0 Å². The van der Waals surface area contributed by atoms with Crippen molar-refractivity contribution in [2.45, 2.75) is 0 Å². The Morgan fingerprint density at radius 2 is 2.11 bits per heavy atom. The summed E-state index contributed by atoms with van der Waals surface area (Å²) < 4.78 is 0. The molecule has 0 spiro atoms. The van der Waals surface area contributed by atoms with E-state index >= 15 is 0 Å². The van der Waals surface area contributed by atoms with E-state index in [0.717, 1.165) is 32.7 Å². The van der Waals surface area contributed by atoms with Crippen LogP contribution in [0.1, 0.15) is 10.4 Å². The number of likely N-dealkylation sites (N-methyl/N-ethyl adjacent to an activating group) is 1. The third kappa shape index (κ3) is 3.90. The normalized spacial score (nSPS) is 16.3. The molecule has 19 heavy (non-hydrogen) atoms. The van der Waals surface area contributed by atoms with Crippen LogP contribution in [-0.2, 0) is 0 Å². The van der Waals surface area contributed by atoms with Gasteiger partial charge >= 0.3 is 0 Å². The maximum Gasteiger partial charge on any atom is 0.255 e. The fraction of sp³-hybridized carbons (Fsp3) is 0.538. The minimum absolute atomic E-state index is 0.0635. The van der Waals surface area contributed by atoms with E-state index < -0.39 is 0 Å². The molecule has 2 heterocycles. The first-order valence-electron chi connectivity index (χ1n) is 6.54. The van der Waals surface area contributed by atoms with Crippen LogP contribution in [0.4, 0.5) is 0 Å². The first-order valence-corrected chi connectivity index (χ1v) is 6.54. The zero-order chi connectivity index (χ0) is 13.7. The van der Waals surface area contributed by atoms with Crippen LogP contribution in [0.15, 0.2) is 23.1 Å². The van der Waals surface area contributed by atoms with Gasteiger partial charge in [0.1, 0.15) is 0 Å². The number of nitrogens with zero attached hydrogens (tertiary/aromatic N) is 2. The molecule has 6 heteroatoms. The number of carbonyl (C=O) groups excluding carboxylic acids is 1. The molecule has 1 aromatic heterocycles. The Bertz CT molecular complexity index is 459. The summed E-state index contributed by atoms with van der Waals surface area (Å²) in [6, 6.07) is 2.93. The molecule has 0 atom stereocenters. The number of nitrogens with one attached hydrogen (secondary N) is 2. The number of hydrogen-bond acceptors (Lipinski definition) is 4. The summed E-state index contributed by atoms with van der Waals surface area (Å²) in [5, 5.41) is 3.30. The number of rotatable bonds is 4. The molecule has 2 N–H and O–H groups in total. The number of piperazine rings is 1. The molecule has 6 nitrogen and oxygen atoms in total. The number of H-pyrrole nitrogens is 1. The Morgan fingerprint density at radius 1 is 1.37 bits per heavy atom. The minimum atomic E-state index is -0.194. The summed E-state index contributed by atoms with van der Waals surface area (Å²) in [7, 11) is 1.79. The van der Waals surface area contributed by atoms with Crippen molar-refractivity contribution < 1.29 is 4.79 Å². The standard InChI is InChI=1S/C13H20N4O2/c1-16(8-9-17-6-4-14-5-7-17)13(19)11-2-3-12(18)15-10-11/h2-3,10,14H,4-9H2,1H3,(H,15,18). The Morgan fingerprint density at radius 3 is 2.74 bits per heavy atom. The van der Waals surface area contributed by atoms with Crippen LogP contribution in [-0.4, -0.2) is 67.0 Å². The van der Waals surface area contributed by atoms with E-state index in [0.29, 0.717) is 12.1 Å². The number of amides is 1. The molecule has 0 aromatic carbocycles. The van der Waals surface area contributed by atoms with Gasteiger partial charge in [0.15, 0.2) is 0 Å². The Hall–Kier alpha value is -1.66. The van der Waals surface area contributed by atoms with Gasteiger partial charge in [-0.3, -0.25) is 14.5 Å². The summed E-state index contributed by atoms with van der Waals surface area (Å²) in [6.45, 7) is 5.65. The topological polar surface area (TPSA) is 68.4 Å². The summed E-state index contributed by atoms with van der Waals surface area (Å²) >= 11 is 0. The molecule has 2 rings (SSSR count). The number of hydrogen-bond donors (Lipinski definition) is 2. The monoisotopic (exact) mass is 264 g/mol. The zero-order valence-corrected chi connectivity index (χ0v) is 11.2. The molecule has 0 aliphatic carbocycles. The summed E-state index contributed by atoms with van der Waals surface area (Å²) in [6.07, 6.45) is 1.46. The van der Waals surface area contributed by atoms with Gasteiger partial charge in [-0.1, -0.05) is 0 Å². The van der Waals surface area contributed by atoms with Crippen LogP contribution >= 0.6 is 0 Å². The van der Waals surface area contributed by atoms with Gasteiger partial charge in [0.25, 0.3) is 5.91 Å². The molecule has 0 bridgehead atoms. The van der Waals surface area contributed by atoms with Gasteiger partial charge in [-0.25, -0.2) is 0 Å². The van der Waals surface area contributed by atoms with E-state index in [2.05, 4.69) is 15.2 Å². The third-order valence-electron chi connectivity index (χ3n) is 3.34. The SMILES string of the molecule is CN(CCN1CCNCC1)C(=O)c1ccc(=O)[nH]c1. The van der Waals surface area contributed by atoms with E-state index in [1.807, 2.05) is 0 Å². The maximum atomic E-state index is 12.1. The lowest BCUT2D eigenvalue weighted by atomic mass is 10.2. The lowest BCUT2D eigenvalue weighted by molar-refractivity contribution is 0.0774. The fourth-order valence-corrected chi connectivity index (χ4v) is 2.09. The van der Waals surface area contributed by atoms with E-state index in [1.54, 1.807) is 18.0 Å². The number of aromatic nitrogens is 1. The highest BCUT2D eigenvalue weighted by atomic mass is 16.2. The molecule has 104 valence electrons. The maximum absolute atomic E-state index is 12.1. The molecule has 1 fully saturated rings. The predicted octanol–water partition coefficient (Wildman–Crippen LogP) is -0.648. The van der Waals surface area contributed by atoms with Crippen molar-refractivity contribution in [2.24, 2.45) is 0 Å². The van der Waals surface area contributed by atoms with Crippen LogP contribution in [0.25, 0.3) is 0 Å². The number of aromatic amines is 1. The average molecular weight is 264 g/mol. The van der Waals surface area contributed by atoms with E-state index in [-0.39, 0.29) is 11.5 Å². The zero-order valence-electron chi connectivity index (χ0n) is 11.2. The number of pyridine rings is 1. The highest BCUT2D eigenvalue weighted by Gasteiger charge is 2.14. The van der Waals surface area contributed by atoms with E-state index in [9.17, 15) is 9.59 Å². The lowest BCUT2D eigenvalue weighted by Crippen LogP contribution is -2.46. The molecule has 1 amide bonds. The van der Waals surface area contributed by atoms with Crippen molar-refractivity contribution in [2.75, 3.05) is 46.3 Å². The fourth-order valence-electron chi connectivity index (χ4n) is 2.09. The Labute approximate surface area is 112 Å². The van der Waals surface area contributed by atoms with Gasteiger partial charge in [0, 0.05) is 58.6 Å². The van der Waals surface area contributed by atoms with Crippen LogP contribution in [0, 0.1) is 0 Å². The third-order valence-corrected chi connectivity index (χ3v) is 3.34. The summed E-state index contributed by atoms with van der Waals surface area (Å²) in [5.41, 5.74) is 0.322. The van der Waals surface area contributed by atoms with Crippen molar-refractivity contribution in [3.63, 3.8) is 0 Å². The van der Waals surface area contributed by atoms with Crippen LogP contribution < -0.4 is 10.9 Å². The van der Waals surface area contributed by atoms with Gasteiger partial charge in [0.05, 0.1) is 5.56 Å². The molecule has 1 aliphatic rings. The van der Waals surface area contributed by atoms with Crippen LogP contribution in [0.5, 0.6) is 0 Å². The lowest BCUT2D eigenvalue weighted by Gasteiger charge is -2.29. The molecule has 1 saturated heterocycles. The summed E-state index contributed by atoms with van der Waals surface area (Å²) in [4.78, 5) is 29.6. The second-order valence-corrected chi connectivity index (χ2v) is 4.76. The minimum Gasteiger partial charge on any atom is -0.340 e. The van der Waals surface area contributed by atoms with Crippen LogP contribution in [0.2, 0.25) is 0 Å². The average Bonchev–Trinajstić information content (AvgIpc) is 2.46. The van der Waals surface area contributed by atoms with E-state index in [1.165, 1.54) is 12.3 Å². The molecule has 1 aromatic rings. The van der Waals surface area contributed by atoms with Gasteiger partial charge in [0.2, 0.25) is 5.56 Å². The number of carbonyl (C=O) groups is 1. The van der Waals surface area contributed by atoms with Crippen molar-refractivity contribution in [1.82, 2.24) is 20.1 Å². The van der Waals surface area contributed by atoms with Crippen molar-refractivity contribution in [3.8, 4) is 0 Å². The molecule has 0 radical (unpaired) electrons. The van der Waals surface area contributed by atoms with Gasteiger partial charge in [-0.15, -0.1) is 0 Å². The van der Waals surface area contributed by atoms with Crippen molar-refractivity contribution in [3.05, 3.63) is 34.2 Å². The van der Waals surface area contributed by atoms with E-state index in [4.69, 9.17) is 0 Å². The highest BCUT2D eigenvalue weighted by molar-refractivity contribution is 5.93. The van der Waals surface area contributed by atoms with Crippen molar-refractivity contribution in [1.29, 1.82) is 0 Å². The largest absolute Gasteiger partial charge is 0.340 e. The second-order valence-electron chi connectivity index (χ2n) is 4.76. The van der Waals surface area contributed by atoms with Gasteiger partial charge in [-0.2, -0.15) is 0 Å². The highest BCUT2D eigenvalue weighted by Crippen LogP contribution is 2.00. The molecule has 0 unspecified atom stereocenters. The van der Waals surface area contributed by atoms with Gasteiger partial charge < -0.3 is 15.2 Å². The summed E-state index contributed by atoms with van der Waals surface area (Å²) in [5.74, 6) is -0.0635. The predicted molar refractivity (Wildman–Crippen MR) is 73.3 cm³/mol. The second kappa shape index (κ2) is 6.49. The quantitative estimate of drug-likeness (QED) is 0.758. The van der Waals surface area contributed by atoms with Crippen molar-refractivity contribution >= 4 is 5.91 Å². The Balaban J connectivity index is 1.84. The molecule has 1 aliphatic heterocycles. The molecular formula is C13H20N4O2. The Kier molecular flexibility index (Phi) is 4.70. The smallest absolute Gasteiger partial charge is 0.255 e. The molecular weight excluding hydrogens is 244 g/mol. The van der Waals surface area contributed by atoms with Gasteiger partial charge in [-0.05, 0) is 6.07 Å². The molecule has 0 saturated carbocycles. The first-order chi connectivity index (χ1) is 9.16. The first kappa shape index (κ1) is 13.8.